The maximum absolute atomic E-state index is 5.73. The van der Waals surface area contributed by atoms with Gasteiger partial charge in [0.25, 0.3) is 0 Å². The molecule has 1 unspecified atom stereocenters. The van der Waals surface area contributed by atoms with Crippen LogP contribution in [0.15, 0.2) is 58.9 Å². The van der Waals surface area contributed by atoms with Gasteiger partial charge >= 0.3 is 0 Å². The van der Waals surface area contributed by atoms with Crippen molar-refractivity contribution in [2.75, 3.05) is 13.1 Å². The fourth-order valence-corrected chi connectivity index (χ4v) is 4.41. The molecule has 1 saturated heterocycles. The van der Waals surface area contributed by atoms with Crippen molar-refractivity contribution in [3.63, 3.8) is 0 Å². The number of terminal acetylenes is 1. The summed E-state index contributed by atoms with van der Waals surface area (Å²) in [6.07, 6.45) is 14.7. The molecule has 0 radical (unpaired) electrons. The molecule has 0 N–H and O–H groups in total. The third kappa shape index (κ3) is 2.48. The van der Waals surface area contributed by atoms with Gasteiger partial charge < -0.3 is 5.01 Å². The molecule has 0 bridgehead atoms. The smallest absolute Gasteiger partial charge is 0.0606 e. The van der Waals surface area contributed by atoms with E-state index < -0.39 is 0 Å². The summed E-state index contributed by atoms with van der Waals surface area (Å²) in [6.45, 7) is 17.2. The predicted octanol–water partition coefficient (Wildman–Crippen LogP) is 4.76. The Labute approximate surface area is 146 Å². The van der Waals surface area contributed by atoms with Crippen LogP contribution in [0.1, 0.15) is 46.5 Å². The number of fused-ring (bicyclic) bond motifs is 1. The SMILES string of the molecule is C#CC1=CCCC=C1CN1C(=C)C(C(=C)C)=C(C)C2(C)CCCN12. The number of hydrogen-bond donors (Lipinski definition) is 0. The third-order valence-corrected chi connectivity index (χ3v) is 5.83. The summed E-state index contributed by atoms with van der Waals surface area (Å²) in [6, 6.07) is 0. The number of allylic oxidation sites excluding steroid dienone is 3. The van der Waals surface area contributed by atoms with Crippen LogP contribution >= 0.6 is 0 Å². The topological polar surface area (TPSA) is 6.48 Å². The van der Waals surface area contributed by atoms with E-state index in [1.54, 1.807) is 0 Å². The first-order valence-electron chi connectivity index (χ1n) is 8.88. The average Bonchev–Trinajstić information content (AvgIpc) is 2.95. The molecule has 24 heavy (non-hydrogen) atoms. The van der Waals surface area contributed by atoms with Crippen molar-refractivity contribution in [1.29, 1.82) is 0 Å². The molecule has 0 aromatic heterocycles. The van der Waals surface area contributed by atoms with Crippen LogP contribution < -0.4 is 0 Å². The maximum Gasteiger partial charge on any atom is 0.0606 e. The van der Waals surface area contributed by atoms with Crippen LogP contribution in [0.4, 0.5) is 0 Å². The van der Waals surface area contributed by atoms with E-state index in [-0.39, 0.29) is 5.54 Å². The quantitative estimate of drug-likeness (QED) is 0.692. The van der Waals surface area contributed by atoms with Crippen molar-refractivity contribution in [3.8, 4) is 12.3 Å². The second-order valence-corrected chi connectivity index (χ2v) is 7.35. The molecule has 2 aliphatic heterocycles. The molecule has 0 aromatic rings. The molecular weight excluding hydrogens is 292 g/mol. The van der Waals surface area contributed by atoms with Gasteiger partial charge in [0.05, 0.1) is 17.8 Å². The summed E-state index contributed by atoms with van der Waals surface area (Å²) < 4.78 is 0. The van der Waals surface area contributed by atoms with Gasteiger partial charge in [-0.3, -0.25) is 0 Å². The third-order valence-electron chi connectivity index (χ3n) is 5.83. The highest BCUT2D eigenvalue weighted by atomic mass is 15.7. The van der Waals surface area contributed by atoms with Crippen molar-refractivity contribution in [1.82, 2.24) is 10.0 Å². The Hall–Kier alpha value is -1.98. The molecular formula is C22H28N2. The Morgan fingerprint density at radius 1 is 1.38 bits per heavy atom. The first kappa shape index (κ1) is 16.9. The van der Waals surface area contributed by atoms with Crippen molar-refractivity contribution in [2.24, 2.45) is 0 Å². The zero-order valence-corrected chi connectivity index (χ0v) is 15.3. The van der Waals surface area contributed by atoms with Gasteiger partial charge in [-0.05, 0) is 63.2 Å². The molecule has 3 rings (SSSR count). The molecule has 1 aliphatic carbocycles. The molecule has 1 fully saturated rings. The summed E-state index contributed by atoms with van der Waals surface area (Å²) in [5, 5.41) is 4.85. The van der Waals surface area contributed by atoms with Crippen molar-refractivity contribution in [3.05, 3.63) is 58.9 Å². The number of hydrazine groups is 1. The molecule has 2 heteroatoms. The molecule has 0 aromatic carbocycles. The highest BCUT2D eigenvalue weighted by Crippen LogP contribution is 2.46. The summed E-state index contributed by atoms with van der Waals surface area (Å²) >= 11 is 0. The first-order chi connectivity index (χ1) is 11.4. The van der Waals surface area contributed by atoms with Gasteiger partial charge in [-0.1, -0.05) is 31.2 Å². The summed E-state index contributed by atoms with van der Waals surface area (Å²) in [7, 11) is 0. The van der Waals surface area contributed by atoms with Crippen LogP contribution in [0, 0.1) is 12.3 Å². The molecule has 0 saturated carbocycles. The van der Waals surface area contributed by atoms with Gasteiger partial charge in [-0.15, -0.1) is 6.42 Å². The highest BCUT2D eigenvalue weighted by Gasteiger charge is 2.46. The zero-order chi connectivity index (χ0) is 17.5. The van der Waals surface area contributed by atoms with E-state index in [0.717, 1.165) is 42.8 Å². The average molecular weight is 320 g/mol. The Morgan fingerprint density at radius 2 is 2.08 bits per heavy atom. The van der Waals surface area contributed by atoms with Crippen LogP contribution in [0.5, 0.6) is 0 Å². The standard InChI is InChI=1S/C22H28N2/c1-7-19-11-8-9-12-20(19)15-23-18(5)21(16(2)3)17(4)22(6)13-10-14-24(22)23/h1,11-12H,2,5,8-10,13-15H2,3-4,6H3. The van der Waals surface area contributed by atoms with Crippen LogP contribution in [-0.2, 0) is 0 Å². The minimum absolute atomic E-state index is 0.0602. The van der Waals surface area contributed by atoms with Gasteiger partial charge in [0.1, 0.15) is 0 Å². The second kappa shape index (κ2) is 6.15. The maximum atomic E-state index is 5.73. The molecule has 126 valence electrons. The van der Waals surface area contributed by atoms with E-state index in [1.165, 1.54) is 29.6 Å². The van der Waals surface area contributed by atoms with E-state index in [2.05, 4.69) is 62.0 Å². The summed E-state index contributed by atoms with van der Waals surface area (Å²) in [5.74, 6) is 2.86. The Bertz CT molecular complexity index is 726. The molecule has 1 atom stereocenters. The largest absolute Gasteiger partial charge is 0.301 e. The first-order valence-corrected chi connectivity index (χ1v) is 8.88. The van der Waals surface area contributed by atoms with Crippen molar-refractivity contribution >= 4 is 0 Å². The normalized spacial score (nSPS) is 27.6. The predicted molar refractivity (Wildman–Crippen MR) is 102 cm³/mol. The molecule has 0 amide bonds. The minimum Gasteiger partial charge on any atom is -0.301 e. The Balaban J connectivity index is 2.01. The summed E-state index contributed by atoms with van der Waals surface area (Å²) in [5.41, 5.74) is 7.14. The fourth-order valence-electron chi connectivity index (χ4n) is 4.41. The van der Waals surface area contributed by atoms with E-state index >= 15 is 0 Å². The van der Waals surface area contributed by atoms with Gasteiger partial charge in [0.2, 0.25) is 0 Å². The van der Waals surface area contributed by atoms with Gasteiger partial charge in [-0.2, -0.15) is 0 Å². The number of nitrogens with zero attached hydrogens (tertiary/aromatic N) is 2. The van der Waals surface area contributed by atoms with Gasteiger partial charge in [-0.25, -0.2) is 5.01 Å². The van der Waals surface area contributed by atoms with E-state index in [0.29, 0.717) is 0 Å². The minimum atomic E-state index is 0.0602. The second-order valence-electron chi connectivity index (χ2n) is 7.35. The van der Waals surface area contributed by atoms with E-state index in [4.69, 9.17) is 6.42 Å². The zero-order valence-electron chi connectivity index (χ0n) is 15.3. The van der Waals surface area contributed by atoms with Crippen LogP contribution in [0.25, 0.3) is 0 Å². The number of hydrogen-bond acceptors (Lipinski definition) is 2. The lowest BCUT2D eigenvalue weighted by molar-refractivity contribution is -0.0344. The van der Waals surface area contributed by atoms with Crippen LogP contribution in [0.3, 0.4) is 0 Å². The fraction of sp³-hybridized carbons (Fsp3) is 0.455. The van der Waals surface area contributed by atoms with E-state index in [9.17, 15) is 0 Å². The van der Waals surface area contributed by atoms with Crippen molar-refractivity contribution in [2.45, 2.75) is 52.0 Å². The van der Waals surface area contributed by atoms with Crippen molar-refractivity contribution < 1.29 is 0 Å². The Kier molecular flexibility index (Phi) is 4.32. The van der Waals surface area contributed by atoms with E-state index in [1.807, 2.05) is 0 Å². The lowest BCUT2D eigenvalue weighted by atomic mass is 9.82. The Morgan fingerprint density at radius 3 is 2.75 bits per heavy atom. The lowest BCUT2D eigenvalue weighted by Crippen LogP contribution is -2.56. The summed E-state index contributed by atoms with van der Waals surface area (Å²) in [4.78, 5) is 0. The monoisotopic (exact) mass is 320 g/mol. The number of rotatable bonds is 3. The van der Waals surface area contributed by atoms with Crippen LogP contribution in [-0.4, -0.2) is 28.6 Å². The van der Waals surface area contributed by atoms with Gasteiger partial charge in [0.15, 0.2) is 0 Å². The lowest BCUT2D eigenvalue weighted by Gasteiger charge is -2.51. The highest BCUT2D eigenvalue weighted by molar-refractivity contribution is 5.53. The molecule has 0 spiro atoms. The van der Waals surface area contributed by atoms with Crippen LogP contribution in [0.2, 0.25) is 0 Å². The molecule has 2 nitrogen and oxygen atoms in total. The molecule has 2 heterocycles. The van der Waals surface area contributed by atoms with Gasteiger partial charge in [0, 0.05) is 17.7 Å². The molecule has 3 aliphatic rings.